The van der Waals surface area contributed by atoms with Crippen molar-refractivity contribution in [3.8, 4) is 0 Å². The van der Waals surface area contributed by atoms with Crippen molar-refractivity contribution in [2.24, 2.45) is 0 Å². The predicted molar refractivity (Wildman–Crippen MR) is 99.5 cm³/mol. The molecule has 0 radical (unpaired) electrons. The van der Waals surface area contributed by atoms with Crippen LogP contribution in [0, 0.1) is 0 Å². The zero-order chi connectivity index (χ0) is 18.4. The third-order valence-electron chi connectivity index (χ3n) is 5.49. The molecule has 1 saturated heterocycles. The van der Waals surface area contributed by atoms with Crippen molar-refractivity contribution in [2.75, 3.05) is 19.6 Å². The quantitative estimate of drug-likeness (QED) is 0.729. The molecule has 1 amide bonds. The molecular weight excluding hydrogens is 330 g/mol. The maximum Gasteiger partial charge on any atom is 0.319 e. The fourth-order valence-electron chi connectivity index (χ4n) is 4.32. The molecule has 1 heterocycles. The number of nitrogens with one attached hydrogen (secondary N) is 1. The summed E-state index contributed by atoms with van der Waals surface area (Å²) in [4.78, 5) is 26.4. The van der Waals surface area contributed by atoms with E-state index in [1.165, 1.54) is 19.3 Å². The number of hydrogen-bond acceptors (Lipinski definition) is 4. The van der Waals surface area contributed by atoms with E-state index >= 15 is 0 Å². The van der Waals surface area contributed by atoms with Crippen molar-refractivity contribution in [3.63, 3.8) is 0 Å². The average molecular weight is 359 g/mol. The number of amides is 1. The lowest BCUT2D eigenvalue weighted by Crippen LogP contribution is -2.59. The monoisotopic (exact) mass is 359 g/mol. The molecule has 1 saturated carbocycles. The molecule has 0 spiro atoms. The first-order valence-corrected chi connectivity index (χ1v) is 9.69. The molecular formula is C20H29N3O3. The van der Waals surface area contributed by atoms with Crippen LogP contribution in [0.25, 0.3) is 0 Å². The van der Waals surface area contributed by atoms with Crippen molar-refractivity contribution < 1.29 is 14.7 Å². The molecule has 0 bridgehead atoms. The van der Waals surface area contributed by atoms with E-state index in [0.29, 0.717) is 6.04 Å². The van der Waals surface area contributed by atoms with Crippen LogP contribution in [0.2, 0.25) is 0 Å². The second-order valence-corrected chi connectivity index (χ2v) is 7.38. The molecule has 6 nitrogen and oxygen atoms in total. The normalized spacial score (nSPS) is 23.9. The van der Waals surface area contributed by atoms with E-state index in [1.54, 1.807) is 5.01 Å². The van der Waals surface area contributed by atoms with Crippen molar-refractivity contribution in [2.45, 2.75) is 57.0 Å². The first-order valence-electron chi connectivity index (χ1n) is 9.69. The van der Waals surface area contributed by atoms with E-state index in [9.17, 15) is 14.7 Å². The molecule has 0 aromatic heterocycles. The Morgan fingerprint density at radius 2 is 1.77 bits per heavy atom. The van der Waals surface area contributed by atoms with E-state index in [-0.39, 0.29) is 24.9 Å². The van der Waals surface area contributed by atoms with Gasteiger partial charge in [0.15, 0.2) is 0 Å². The number of hydrogen-bond donors (Lipinski definition) is 2. The van der Waals surface area contributed by atoms with Gasteiger partial charge in [0.25, 0.3) is 0 Å². The van der Waals surface area contributed by atoms with Gasteiger partial charge in [-0.15, -0.1) is 0 Å². The summed E-state index contributed by atoms with van der Waals surface area (Å²) in [7, 11) is 0. The van der Waals surface area contributed by atoms with Crippen LogP contribution in [-0.4, -0.2) is 58.6 Å². The zero-order valence-corrected chi connectivity index (χ0v) is 15.3. The Hall–Kier alpha value is -1.92. The summed E-state index contributed by atoms with van der Waals surface area (Å²) in [6, 6.07) is 9.95. The van der Waals surface area contributed by atoms with Crippen LogP contribution in [-0.2, 0) is 16.0 Å². The second-order valence-electron chi connectivity index (χ2n) is 7.38. The fourth-order valence-corrected chi connectivity index (χ4v) is 4.32. The Kier molecular flexibility index (Phi) is 6.63. The van der Waals surface area contributed by atoms with Gasteiger partial charge in [-0.25, -0.2) is 5.01 Å². The van der Waals surface area contributed by atoms with Gasteiger partial charge in [0.2, 0.25) is 5.91 Å². The molecule has 1 aromatic carbocycles. The molecule has 1 aromatic rings. The minimum atomic E-state index is -0.907. The third kappa shape index (κ3) is 5.05. The Bertz CT molecular complexity index is 602. The van der Waals surface area contributed by atoms with Gasteiger partial charge < -0.3 is 5.11 Å². The number of carboxylic acids is 1. The number of rotatable bonds is 7. The highest BCUT2D eigenvalue weighted by Crippen LogP contribution is 2.29. The smallest absolute Gasteiger partial charge is 0.319 e. The third-order valence-corrected chi connectivity index (χ3v) is 5.49. The summed E-state index contributed by atoms with van der Waals surface area (Å²) >= 11 is 0. The highest BCUT2D eigenvalue weighted by molar-refractivity contribution is 5.78. The van der Waals surface area contributed by atoms with Crippen molar-refractivity contribution >= 4 is 11.9 Å². The average Bonchev–Trinajstić information content (AvgIpc) is 3.16. The number of aliphatic carboxylic acids is 1. The molecule has 2 aliphatic rings. The highest BCUT2D eigenvalue weighted by atomic mass is 16.4. The fraction of sp³-hybridized carbons (Fsp3) is 0.600. The van der Waals surface area contributed by atoms with Crippen LogP contribution < -0.4 is 5.43 Å². The molecule has 1 aliphatic carbocycles. The van der Waals surface area contributed by atoms with Crippen LogP contribution in [0.5, 0.6) is 0 Å². The lowest BCUT2D eigenvalue weighted by molar-refractivity contribution is -0.143. The molecule has 3 rings (SSSR count). The van der Waals surface area contributed by atoms with Crippen molar-refractivity contribution in [1.29, 1.82) is 0 Å². The van der Waals surface area contributed by atoms with Crippen LogP contribution in [0.4, 0.5) is 0 Å². The largest absolute Gasteiger partial charge is 0.480 e. The van der Waals surface area contributed by atoms with Crippen molar-refractivity contribution in [3.05, 3.63) is 35.9 Å². The summed E-state index contributed by atoms with van der Waals surface area (Å²) < 4.78 is 0. The van der Waals surface area contributed by atoms with Crippen LogP contribution in [0.3, 0.4) is 0 Å². The number of nitrogens with zero attached hydrogens (tertiary/aromatic N) is 2. The standard InChI is InChI=1S/C20H29N3O3/c24-19(14-16-8-2-1-3-9-16)21-23(15-20(25)26)18-11-5-4-10-17(18)22-12-6-7-13-22/h1-3,8-9,17-18H,4-7,10-15H2,(H,21,24)(H,25,26). The minimum absolute atomic E-state index is 0.0673. The van der Waals surface area contributed by atoms with Gasteiger partial charge in [-0.3, -0.25) is 19.9 Å². The van der Waals surface area contributed by atoms with Gasteiger partial charge in [-0.2, -0.15) is 0 Å². The SMILES string of the molecule is O=C(O)CN(NC(=O)Cc1ccccc1)C1CCCCC1N1CCCC1. The molecule has 142 valence electrons. The van der Waals surface area contributed by atoms with Gasteiger partial charge in [0.05, 0.1) is 6.42 Å². The Morgan fingerprint density at radius 3 is 2.46 bits per heavy atom. The van der Waals surface area contributed by atoms with Gasteiger partial charge in [0.1, 0.15) is 6.54 Å². The molecule has 6 heteroatoms. The molecule has 26 heavy (non-hydrogen) atoms. The van der Waals surface area contributed by atoms with E-state index in [0.717, 1.165) is 37.9 Å². The van der Waals surface area contributed by atoms with E-state index in [1.807, 2.05) is 30.3 Å². The molecule has 1 aliphatic heterocycles. The summed E-state index contributed by atoms with van der Waals surface area (Å²) in [5.74, 6) is -1.06. The molecule has 2 unspecified atom stereocenters. The van der Waals surface area contributed by atoms with Crippen LogP contribution >= 0.6 is 0 Å². The summed E-state index contributed by atoms with van der Waals surface area (Å²) in [5, 5.41) is 11.1. The lowest BCUT2D eigenvalue weighted by atomic mass is 9.88. The Morgan fingerprint density at radius 1 is 1.08 bits per heavy atom. The predicted octanol–water partition coefficient (Wildman–Crippen LogP) is 2.05. The first-order chi connectivity index (χ1) is 12.6. The maximum atomic E-state index is 12.5. The Balaban J connectivity index is 1.69. The number of benzene rings is 1. The Labute approximate surface area is 155 Å². The number of carboxylic acid groups (broad SMARTS) is 1. The van der Waals surface area contributed by atoms with Gasteiger partial charge >= 0.3 is 5.97 Å². The number of carbonyl (C=O) groups excluding carboxylic acids is 1. The zero-order valence-electron chi connectivity index (χ0n) is 15.3. The minimum Gasteiger partial charge on any atom is -0.480 e. The molecule has 2 N–H and O–H groups in total. The summed E-state index contributed by atoms with van der Waals surface area (Å²) in [6.07, 6.45) is 6.95. The van der Waals surface area contributed by atoms with Crippen LogP contribution in [0.1, 0.15) is 44.1 Å². The summed E-state index contributed by atoms with van der Waals surface area (Å²) in [6.45, 7) is 2.01. The van der Waals surface area contributed by atoms with E-state index in [4.69, 9.17) is 0 Å². The van der Waals surface area contributed by atoms with Gasteiger partial charge in [-0.1, -0.05) is 43.2 Å². The van der Waals surface area contributed by atoms with E-state index in [2.05, 4.69) is 10.3 Å². The topological polar surface area (TPSA) is 72.9 Å². The maximum absolute atomic E-state index is 12.5. The summed E-state index contributed by atoms with van der Waals surface area (Å²) in [5.41, 5.74) is 3.84. The van der Waals surface area contributed by atoms with E-state index < -0.39 is 5.97 Å². The number of carbonyl (C=O) groups is 2. The molecule has 2 atom stereocenters. The number of hydrazine groups is 1. The second kappa shape index (κ2) is 9.14. The lowest BCUT2D eigenvalue weighted by Gasteiger charge is -2.43. The van der Waals surface area contributed by atoms with Gasteiger partial charge in [-0.05, 0) is 44.3 Å². The highest BCUT2D eigenvalue weighted by Gasteiger charge is 2.36. The van der Waals surface area contributed by atoms with Crippen LogP contribution in [0.15, 0.2) is 30.3 Å². The number of likely N-dealkylation sites (tertiary alicyclic amines) is 1. The first kappa shape index (κ1) is 18.9. The van der Waals surface area contributed by atoms with Crippen molar-refractivity contribution in [1.82, 2.24) is 15.3 Å². The molecule has 2 fully saturated rings. The van der Waals surface area contributed by atoms with Gasteiger partial charge in [0, 0.05) is 12.1 Å².